The molecular weight excluding hydrogens is 334 g/mol. The molecular formula is C19H29N3O4. The molecule has 2 rings (SSSR count). The highest BCUT2D eigenvalue weighted by Crippen LogP contribution is 2.25. The highest BCUT2D eigenvalue weighted by atomic mass is 16.5. The van der Waals surface area contributed by atoms with Gasteiger partial charge < -0.3 is 20.5 Å². The maximum Gasteiger partial charge on any atom is 0.317 e. The number of carbonyl (C=O) groups is 2. The molecule has 3 N–H and O–H groups in total. The fourth-order valence-corrected chi connectivity index (χ4v) is 3.33. The normalized spacial score (nSPS) is 18.9. The van der Waals surface area contributed by atoms with Crippen molar-refractivity contribution in [1.29, 1.82) is 0 Å². The predicted molar refractivity (Wildman–Crippen MR) is 99.7 cm³/mol. The molecule has 0 aromatic heterocycles. The van der Waals surface area contributed by atoms with Crippen molar-refractivity contribution >= 4 is 12.0 Å². The molecule has 0 heterocycles. The lowest BCUT2D eigenvalue weighted by molar-refractivity contribution is -0.139. The maximum atomic E-state index is 12.0. The van der Waals surface area contributed by atoms with Crippen molar-refractivity contribution in [3.05, 3.63) is 29.3 Å². The summed E-state index contributed by atoms with van der Waals surface area (Å²) in [5.74, 6) is 0.0188. The third-order valence-electron chi connectivity index (χ3n) is 4.83. The molecule has 1 saturated carbocycles. The van der Waals surface area contributed by atoms with Crippen LogP contribution in [0.1, 0.15) is 30.9 Å². The summed E-state index contributed by atoms with van der Waals surface area (Å²) in [4.78, 5) is 24.8. The number of aryl methyl sites for hydroxylation is 1. The van der Waals surface area contributed by atoms with E-state index in [2.05, 4.69) is 16.7 Å². The van der Waals surface area contributed by atoms with Crippen LogP contribution in [0.15, 0.2) is 18.2 Å². The van der Waals surface area contributed by atoms with Crippen LogP contribution in [0, 0.1) is 6.92 Å². The molecule has 0 unspecified atom stereocenters. The van der Waals surface area contributed by atoms with Crippen LogP contribution in [0.4, 0.5) is 4.79 Å². The first-order chi connectivity index (χ1) is 12.4. The van der Waals surface area contributed by atoms with E-state index in [1.165, 1.54) is 0 Å². The van der Waals surface area contributed by atoms with Crippen molar-refractivity contribution in [1.82, 2.24) is 15.5 Å². The lowest BCUT2D eigenvalue weighted by Gasteiger charge is -2.42. The number of nitrogens with one attached hydrogen (secondary N) is 2. The lowest BCUT2D eigenvalue weighted by atomic mass is 9.85. The first kappa shape index (κ1) is 20.0. The summed E-state index contributed by atoms with van der Waals surface area (Å²) in [5.41, 5.74) is 2.23. The summed E-state index contributed by atoms with van der Waals surface area (Å²) in [5, 5.41) is 14.7. The summed E-state index contributed by atoms with van der Waals surface area (Å²) >= 11 is 0. The zero-order chi connectivity index (χ0) is 19.1. The first-order valence-corrected chi connectivity index (χ1v) is 9.06. The number of amides is 2. The van der Waals surface area contributed by atoms with E-state index < -0.39 is 5.97 Å². The fraction of sp³-hybridized carbons (Fsp3) is 0.579. The molecule has 7 nitrogen and oxygen atoms in total. The number of ether oxygens (including phenoxy) is 1. The van der Waals surface area contributed by atoms with E-state index in [0.29, 0.717) is 19.5 Å². The van der Waals surface area contributed by atoms with Gasteiger partial charge in [-0.25, -0.2) is 4.79 Å². The Morgan fingerprint density at radius 3 is 2.69 bits per heavy atom. The van der Waals surface area contributed by atoms with Gasteiger partial charge >= 0.3 is 12.0 Å². The zero-order valence-corrected chi connectivity index (χ0v) is 15.7. The van der Waals surface area contributed by atoms with Gasteiger partial charge in [-0.1, -0.05) is 24.6 Å². The molecule has 0 spiro atoms. The Kier molecular flexibility index (Phi) is 7.26. The van der Waals surface area contributed by atoms with Crippen LogP contribution in [0.2, 0.25) is 0 Å². The van der Waals surface area contributed by atoms with Crippen LogP contribution in [0.5, 0.6) is 5.75 Å². The molecule has 7 heteroatoms. The monoisotopic (exact) mass is 363 g/mol. The second-order valence-electron chi connectivity index (χ2n) is 6.74. The molecule has 0 radical (unpaired) electrons. The smallest absolute Gasteiger partial charge is 0.317 e. The van der Waals surface area contributed by atoms with Crippen LogP contribution < -0.4 is 15.4 Å². The van der Waals surface area contributed by atoms with Gasteiger partial charge in [0.2, 0.25) is 0 Å². The Hall–Kier alpha value is -2.28. The van der Waals surface area contributed by atoms with Gasteiger partial charge in [0, 0.05) is 18.6 Å². The van der Waals surface area contributed by atoms with E-state index in [1.54, 1.807) is 7.11 Å². The molecule has 144 valence electrons. The molecule has 1 aliphatic rings. The second-order valence-corrected chi connectivity index (χ2v) is 6.74. The minimum absolute atomic E-state index is 0.0540. The SMILES string of the molecule is CCN(CC(=O)O)C1CC(NC(=O)NCCc2cc(C)ccc2OC)C1. The largest absolute Gasteiger partial charge is 0.496 e. The summed E-state index contributed by atoms with van der Waals surface area (Å²) in [7, 11) is 1.64. The molecule has 1 aromatic rings. The zero-order valence-electron chi connectivity index (χ0n) is 15.7. The third-order valence-corrected chi connectivity index (χ3v) is 4.83. The van der Waals surface area contributed by atoms with Crippen LogP contribution >= 0.6 is 0 Å². The number of carbonyl (C=O) groups excluding carboxylic acids is 1. The number of aliphatic carboxylic acids is 1. The molecule has 1 fully saturated rings. The van der Waals surface area contributed by atoms with Crippen LogP contribution in [-0.2, 0) is 11.2 Å². The van der Waals surface area contributed by atoms with E-state index >= 15 is 0 Å². The van der Waals surface area contributed by atoms with Gasteiger partial charge in [-0.3, -0.25) is 9.69 Å². The number of rotatable bonds is 9. The molecule has 1 aliphatic carbocycles. The fourth-order valence-electron chi connectivity index (χ4n) is 3.33. The number of nitrogens with zero attached hydrogens (tertiary/aromatic N) is 1. The number of hydrogen-bond acceptors (Lipinski definition) is 4. The lowest BCUT2D eigenvalue weighted by Crippen LogP contribution is -2.56. The summed E-state index contributed by atoms with van der Waals surface area (Å²) in [6, 6.07) is 6.17. The Morgan fingerprint density at radius 2 is 2.08 bits per heavy atom. The first-order valence-electron chi connectivity index (χ1n) is 9.06. The molecule has 0 aliphatic heterocycles. The van der Waals surface area contributed by atoms with Gasteiger partial charge in [0.05, 0.1) is 13.7 Å². The van der Waals surface area contributed by atoms with E-state index in [0.717, 1.165) is 29.7 Å². The Labute approximate surface area is 154 Å². The average molecular weight is 363 g/mol. The number of benzene rings is 1. The number of methoxy groups -OCH3 is 1. The Morgan fingerprint density at radius 1 is 1.35 bits per heavy atom. The maximum absolute atomic E-state index is 12.0. The highest BCUT2D eigenvalue weighted by molar-refractivity contribution is 5.74. The number of urea groups is 1. The van der Waals surface area contributed by atoms with Crippen molar-refractivity contribution < 1.29 is 19.4 Å². The minimum atomic E-state index is -0.812. The van der Waals surface area contributed by atoms with E-state index in [4.69, 9.17) is 9.84 Å². The van der Waals surface area contributed by atoms with Crippen molar-refractivity contribution in [3.8, 4) is 5.75 Å². The Bertz CT molecular complexity index is 629. The van der Waals surface area contributed by atoms with Gasteiger partial charge in [-0.05, 0) is 44.4 Å². The predicted octanol–water partition coefficient (Wildman–Crippen LogP) is 1.78. The van der Waals surface area contributed by atoms with Crippen molar-refractivity contribution in [2.45, 2.75) is 45.2 Å². The van der Waals surface area contributed by atoms with Gasteiger partial charge in [0.15, 0.2) is 0 Å². The molecule has 2 amide bonds. The van der Waals surface area contributed by atoms with Gasteiger partial charge in [-0.15, -0.1) is 0 Å². The molecule has 1 aromatic carbocycles. The summed E-state index contributed by atoms with van der Waals surface area (Å²) < 4.78 is 5.35. The standard InChI is InChI=1S/C19H29N3O4/c1-4-22(12-18(23)24)16-10-15(11-16)21-19(25)20-8-7-14-9-13(2)5-6-17(14)26-3/h5-6,9,15-16H,4,7-8,10-12H2,1-3H3,(H,23,24)(H2,20,21,25). The molecule has 0 saturated heterocycles. The minimum Gasteiger partial charge on any atom is -0.496 e. The number of carboxylic acids is 1. The summed E-state index contributed by atoms with van der Waals surface area (Å²) in [6.07, 6.45) is 2.29. The number of carboxylic acid groups (broad SMARTS) is 1. The van der Waals surface area contributed by atoms with Gasteiger partial charge in [-0.2, -0.15) is 0 Å². The van der Waals surface area contributed by atoms with Crippen LogP contribution in [0.25, 0.3) is 0 Å². The Balaban J connectivity index is 1.69. The molecule has 0 bridgehead atoms. The quantitative estimate of drug-likeness (QED) is 0.622. The van der Waals surface area contributed by atoms with E-state index in [9.17, 15) is 9.59 Å². The summed E-state index contributed by atoms with van der Waals surface area (Å²) in [6.45, 7) is 5.27. The van der Waals surface area contributed by atoms with Crippen LogP contribution in [-0.4, -0.2) is 60.8 Å². The van der Waals surface area contributed by atoms with E-state index in [-0.39, 0.29) is 24.7 Å². The van der Waals surface area contributed by atoms with Gasteiger partial charge in [0.25, 0.3) is 0 Å². The van der Waals surface area contributed by atoms with Gasteiger partial charge in [0.1, 0.15) is 5.75 Å². The average Bonchev–Trinajstić information content (AvgIpc) is 2.56. The van der Waals surface area contributed by atoms with E-state index in [1.807, 2.05) is 30.9 Å². The third kappa shape index (κ3) is 5.62. The second kappa shape index (κ2) is 9.43. The van der Waals surface area contributed by atoms with Crippen molar-refractivity contribution in [3.63, 3.8) is 0 Å². The topological polar surface area (TPSA) is 90.9 Å². The molecule has 26 heavy (non-hydrogen) atoms. The number of hydrogen-bond donors (Lipinski definition) is 3. The van der Waals surface area contributed by atoms with Crippen LogP contribution in [0.3, 0.4) is 0 Å². The number of likely N-dealkylation sites (N-methyl/N-ethyl adjacent to an activating group) is 1. The van der Waals surface area contributed by atoms with Crippen molar-refractivity contribution in [2.75, 3.05) is 26.7 Å². The van der Waals surface area contributed by atoms with Crippen molar-refractivity contribution in [2.24, 2.45) is 0 Å². The molecule has 0 atom stereocenters. The highest BCUT2D eigenvalue weighted by Gasteiger charge is 2.34.